The molecular formula is C24H21N9O. The number of hydrogen-bond donors (Lipinski definition) is 2. The third-order valence-electron chi connectivity index (χ3n) is 5.41. The SMILES string of the molecule is Cc1ccc(Nc2ccc3ncn(-c4ccc([C@H](C)O)c(-n5nc(C#N)cc5C)n4)c3c2)nn1. The van der Waals surface area contributed by atoms with Gasteiger partial charge in [0.15, 0.2) is 17.3 Å². The number of anilines is 2. The average molecular weight is 451 g/mol. The second-order valence-corrected chi connectivity index (χ2v) is 7.96. The number of aryl methyl sites for hydroxylation is 2. The van der Waals surface area contributed by atoms with Gasteiger partial charge in [-0.15, -0.1) is 5.10 Å². The lowest BCUT2D eigenvalue weighted by molar-refractivity contribution is 0.198. The second-order valence-electron chi connectivity index (χ2n) is 7.96. The number of pyridine rings is 1. The fourth-order valence-electron chi connectivity index (χ4n) is 3.70. The Morgan fingerprint density at radius 3 is 2.62 bits per heavy atom. The molecule has 0 saturated carbocycles. The molecule has 1 aromatic carbocycles. The van der Waals surface area contributed by atoms with E-state index < -0.39 is 6.10 Å². The molecule has 0 fully saturated rings. The number of rotatable bonds is 5. The molecule has 168 valence electrons. The molecule has 4 aromatic heterocycles. The third-order valence-corrected chi connectivity index (χ3v) is 5.41. The van der Waals surface area contributed by atoms with Crippen LogP contribution >= 0.6 is 0 Å². The van der Waals surface area contributed by atoms with Crippen LogP contribution in [0.3, 0.4) is 0 Å². The molecule has 5 rings (SSSR count). The summed E-state index contributed by atoms with van der Waals surface area (Å²) in [6.45, 7) is 5.40. The molecule has 0 bridgehead atoms. The van der Waals surface area contributed by atoms with Gasteiger partial charge in [-0.2, -0.15) is 15.5 Å². The fourth-order valence-corrected chi connectivity index (χ4v) is 3.70. The standard InChI is InChI=1S/C24H21N9O/c1-14-4-8-22(30-29-14)27-17-5-7-20-21(11-17)32(13-26-20)23-9-6-19(16(3)34)24(28-23)33-15(2)10-18(12-25)31-33/h4-11,13,16,34H,1-3H3,(H,27,30)/t16-/m0/s1. The molecule has 34 heavy (non-hydrogen) atoms. The number of nitrogens with zero attached hydrogens (tertiary/aromatic N) is 8. The van der Waals surface area contributed by atoms with Gasteiger partial charge in [0, 0.05) is 16.9 Å². The Bertz CT molecular complexity index is 1540. The predicted octanol–water partition coefficient (Wildman–Crippen LogP) is 3.68. The highest BCUT2D eigenvalue weighted by molar-refractivity contribution is 5.82. The van der Waals surface area contributed by atoms with Gasteiger partial charge in [-0.1, -0.05) is 0 Å². The number of nitrogens with one attached hydrogen (secondary N) is 1. The molecule has 0 saturated heterocycles. The summed E-state index contributed by atoms with van der Waals surface area (Å²) in [4.78, 5) is 9.30. The van der Waals surface area contributed by atoms with Crippen molar-refractivity contribution >= 4 is 22.5 Å². The smallest absolute Gasteiger partial charge is 0.163 e. The molecule has 0 aliphatic carbocycles. The topological polar surface area (TPSA) is 130 Å². The van der Waals surface area contributed by atoms with E-state index in [9.17, 15) is 10.4 Å². The van der Waals surface area contributed by atoms with Gasteiger partial charge in [-0.3, -0.25) is 4.57 Å². The monoisotopic (exact) mass is 451 g/mol. The normalized spacial score (nSPS) is 12.0. The second kappa shape index (κ2) is 8.38. The maximum atomic E-state index is 10.3. The summed E-state index contributed by atoms with van der Waals surface area (Å²) in [5.41, 5.74) is 4.93. The minimum Gasteiger partial charge on any atom is -0.389 e. The number of hydrogen-bond acceptors (Lipinski definition) is 8. The molecule has 0 radical (unpaired) electrons. The van der Waals surface area contributed by atoms with Crippen LogP contribution in [0.15, 0.2) is 54.9 Å². The first-order valence-corrected chi connectivity index (χ1v) is 10.6. The number of nitriles is 1. The van der Waals surface area contributed by atoms with Gasteiger partial charge in [0.05, 0.1) is 22.8 Å². The van der Waals surface area contributed by atoms with Gasteiger partial charge in [-0.25, -0.2) is 14.6 Å². The van der Waals surface area contributed by atoms with Crippen LogP contribution in [0.4, 0.5) is 11.5 Å². The van der Waals surface area contributed by atoms with E-state index in [4.69, 9.17) is 4.98 Å². The summed E-state index contributed by atoms with van der Waals surface area (Å²) >= 11 is 0. The third kappa shape index (κ3) is 3.85. The molecular weight excluding hydrogens is 430 g/mol. The van der Waals surface area contributed by atoms with Crippen molar-refractivity contribution in [2.75, 3.05) is 5.32 Å². The minimum atomic E-state index is -0.767. The predicted molar refractivity (Wildman–Crippen MR) is 126 cm³/mol. The number of fused-ring (bicyclic) bond motifs is 1. The lowest BCUT2D eigenvalue weighted by Gasteiger charge is -2.15. The highest BCUT2D eigenvalue weighted by atomic mass is 16.3. The Morgan fingerprint density at radius 1 is 1.06 bits per heavy atom. The quantitative estimate of drug-likeness (QED) is 0.414. The molecule has 0 aliphatic rings. The average Bonchev–Trinajstić information content (AvgIpc) is 3.43. The molecule has 0 spiro atoms. The Labute approximate surface area is 195 Å². The molecule has 2 N–H and O–H groups in total. The maximum Gasteiger partial charge on any atom is 0.163 e. The highest BCUT2D eigenvalue weighted by Crippen LogP contribution is 2.26. The van der Waals surface area contributed by atoms with Crippen molar-refractivity contribution in [2.24, 2.45) is 0 Å². The van der Waals surface area contributed by atoms with Crippen molar-refractivity contribution in [1.29, 1.82) is 5.26 Å². The Hall–Kier alpha value is -4.62. The van der Waals surface area contributed by atoms with Crippen molar-refractivity contribution in [2.45, 2.75) is 26.9 Å². The van der Waals surface area contributed by atoms with Crippen molar-refractivity contribution < 1.29 is 5.11 Å². The van der Waals surface area contributed by atoms with Crippen molar-refractivity contribution in [1.82, 2.24) is 34.5 Å². The van der Waals surface area contributed by atoms with Gasteiger partial charge < -0.3 is 10.4 Å². The number of benzene rings is 1. The molecule has 5 aromatic rings. The summed E-state index contributed by atoms with van der Waals surface area (Å²) < 4.78 is 3.44. The molecule has 4 heterocycles. The number of aliphatic hydroxyl groups excluding tert-OH is 1. The molecule has 10 nitrogen and oxygen atoms in total. The van der Waals surface area contributed by atoms with E-state index in [2.05, 4.69) is 25.6 Å². The van der Waals surface area contributed by atoms with Crippen molar-refractivity contribution in [3.8, 4) is 17.7 Å². The van der Waals surface area contributed by atoms with Crippen LogP contribution in [0.25, 0.3) is 22.7 Å². The summed E-state index contributed by atoms with van der Waals surface area (Å²) in [6, 6.07) is 16.9. The summed E-state index contributed by atoms with van der Waals surface area (Å²) in [5.74, 6) is 1.69. The van der Waals surface area contributed by atoms with Crippen LogP contribution in [0.2, 0.25) is 0 Å². The van der Waals surface area contributed by atoms with Crippen molar-refractivity contribution in [3.05, 3.63) is 77.5 Å². The minimum absolute atomic E-state index is 0.282. The van der Waals surface area contributed by atoms with Crippen LogP contribution in [0, 0.1) is 25.2 Å². The Kier molecular flexibility index (Phi) is 5.24. The van der Waals surface area contributed by atoms with Crippen LogP contribution in [-0.4, -0.2) is 39.6 Å². The summed E-state index contributed by atoms with van der Waals surface area (Å²) in [6.07, 6.45) is 0.932. The van der Waals surface area contributed by atoms with E-state index in [1.54, 1.807) is 24.0 Å². The lowest BCUT2D eigenvalue weighted by Crippen LogP contribution is -2.10. The number of aromatic nitrogens is 7. The van der Waals surface area contributed by atoms with Gasteiger partial charge in [0.1, 0.15) is 18.2 Å². The molecule has 10 heteroatoms. The zero-order valence-corrected chi connectivity index (χ0v) is 18.8. The number of imidazole rings is 1. The van der Waals surface area contributed by atoms with Crippen molar-refractivity contribution in [3.63, 3.8) is 0 Å². The van der Waals surface area contributed by atoms with Gasteiger partial charge in [0.25, 0.3) is 0 Å². The zero-order valence-electron chi connectivity index (χ0n) is 18.8. The van der Waals surface area contributed by atoms with E-state index in [0.29, 0.717) is 23.0 Å². The molecule has 0 unspecified atom stereocenters. The summed E-state index contributed by atoms with van der Waals surface area (Å²) in [5, 5.41) is 35.4. The molecule has 0 amide bonds. The van der Waals surface area contributed by atoms with E-state index in [-0.39, 0.29) is 5.69 Å². The van der Waals surface area contributed by atoms with E-state index in [1.807, 2.05) is 66.9 Å². The first kappa shape index (κ1) is 21.2. The van der Waals surface area contributed by atoms with Gasteiger partial charge in [0.2, 0.25) is 0 Å². The fraction of sp³-hybridized carbons (Fsp3) is 0.167. The van der Waals surface area contributed by atoms with Gasteiger partial charge >= 0.3 is 0 Å². The molecule has 0 aliphatic heterocycles. The van der Waals surface area contributed by atoms with E-state index in [1.165, 1.54) is 0 Å². The van der Waals surface area contributed by atoms with Crippen LogP contribution in [0.1, 0.15) is 35.7 Å². The van der Waals surface area contributed by atoms with E-state index in [0.717, 1.165) is 28.1 Å². The number of aliphatic hydroxyl groups is 1. The Balaban J connectivity index is 1.59. The zero-order chi connectivity index (χ0) is 23.8. The first-order valence-electron chi connectivity index (χ1n) is 10.6. The van der Waals surface area contributed by atoms with Gasteiger partial charge in [-0.05, 0) is 69.3 Å². The van der Waals surface area contributed by atoms with Crippen LogP contribution in [-0.2, 0) is 0 Å². The van der Waals surface area contributed by atoms with Crippen LogP contribution < -0.4 is 5.32 Å². The summed E-state index contributed by atoms with van der Waals surface area (Å²) in [7, 11) is 0. The first-order chi connectivity index (χ1) is 16.4. The highest BCUT2D eigenvalue weighted by Gasteiger charge is 2.17. The van der Waals surface area contributed by atoms with Crippen LogP contribution in [0.5, 0.6) is 0 Å². The molecule has 1 atom stereocenters. The van der Waals surface area contributed by atoms with E-state index >= 15 is 0 Å². The lowest BCUT2D eigenvalue weighted by atomic mass is 10.1. The largest absolute Gasteiger partial charge is 0.389 e. The maximum absolute atomic E-state index is 10.3. The Morgan fingerprint density at radius 2 is 1.91 bits per heavy atom.